The molecule has 13 heteroatoms. The molecule has 1 aromatic carbocycles. The Balaban J connectivity index is 1.46. The summed E-state index contributed by atoms with van der Waals surface area (Å²) in [4.78, 5) is 32.2. The third-order valence-corrected chi connectivity index (χ3v) is 6.98. The van der Waals surface area contributed by atoms with Gasteiger partial charge >= 0.3 is 12.1 Å². The highest BCUT2D eigenvalue weighted by Gasteiger charge is 2.40. The second-order valence-electron chi connectivity index (χ2n) is 9.83. The van der Waals surface area contributed by atoms with Crippen LogP contribution in [0.3, 0.4) is 0 Å². The van der Waals surface area contributed by atoms with Crippen LogP contribution in [0.25, 0.3) is 0 Å². The summed E-state index contributed by atoms with van der Waals surface area (Å²) in [5.74, 6) is -3.58. The molecule has 3 heterocycles. The van der Waals surface area contributed by atoms with Crippen molar-refractivity contribution in [1.29, 1.82) is 0 Å². The molecular formula is C26H25F4N5O4. The number of hydrogen-bond acceptors (Lipinski definition) is 7. The lowest BCUT2D eigenvalue weighted by atomic mass is 9.82. The molecule has 0 bridgehead atoms. The number of rotatable bonds is 5. The lowest BCUT2D eigenvalue weighted by Gasteiger charge is -2.37. The predicted octanol–water partition coefficient (Wildman–Crippen LogP) is 5.35. The van der Waals surface area contributed by atoms with Gasteiger partial charge in [-0.2, -0.15) is 28.2 Å². The monoisotopic (exact) mass is 547 g/mol. The number of alkyl halides is 3. The van der Waals surface area contributed by atoms with Crippen molar-refractivity contribution in [3.05, 3.63) is 59.3 Å². The van der Waals surface area contributed by atoms with Gasteiger partial charge in [-0.25, -0.2) is 14.2 Å². The number of ether oxygens (including phenoxy) is 2. The van der Waals surface area contributed by atoms with Gasteiger partial charge in [0.2, 0.25) is 11.8 Å². The lowest BCUT2D eigenvalue weighted by Crippen LogP contribution is -2.48. The molecule has 1 atom stereocenters. The van der Waals surface area contributed by atoms with Crippen molar-refractivity contribution in [2.75, 3.05) is 4.90 Å². The van der Waals surface area contributed by atoms with Crippen LogP contribution >= 0.6 is 0 Å². The van der Waals surface area contributed by atoms with Crippen molar-refractivity contribution in [1.82, 2.24) is 20.0 Å². The molecule has 0 N–H and O–H groups in total. The number of fused-ring (bicyclic) bond motifs is 1. The first-order chi connectivity index (χ1) is 18.5. The van der Waals surface area contributed by atoms with Crippen molar-refractivity contribution in [2.24, 2.45) is 11.8 Å². The van der Waals surface area contributed by atoms with Crippen LogP contribution in [0.5, 0.6) is 11.6 Å². The molecule has 1 fully saturated rings. The molecule has 1 aliphatic carbocycles. The molecule has 0 radical (unpaired) electrons. The number of hydrogen-bond donors (Lipinski definition) is 0. The van der Waals surface area contributed by atoms with E-state index in [2.05, 4.69) is 22.1 Å². The molecule has 2 aliphatic rings. The Morgan fingerprint density at radius 2 is 1.79 bits per heavy atom. The molecule has 206 valence electrons. The van der Waals surface area contributed by atoms with Crippen molar-refractivity contribution < 1.29 is 36.6 Å². The van der Waals surface area contributed by atoms with Crippen molar-refractivity contribution >= 4 is 17.6 Å². The molecule has 2 aromatic heterocycles. The number of halogens is 4. The Morgan fingerprint density at radius 1 is 1.10 bits per heavy atom. The first-order valence-corrected chi connectivity index (χ1v) is 12.5. The topological polar surface area (TPSA) is 99.4 Å². The number of pyridine rings is 1. The van der Waals surface area contributed by atoms with Gasteiger partial charge in [-0.05, 0) is 50.2 Å². The van der Waals surface area contributed by atoms with E-state index in [4.69, 9.17) is 9.47 Å². The number of aromatic nitrogens is 4. The maximum Gasteiger partial charge on any atom is 0.421 e. The van der Waals surface area contributed by atoms with Crippen molar-refractivity contribution in [2.45, 2.75) is 58.5 Å². The van der Waals surface area contributed by atoms with Gasteiger partial charge in [0.15, 0.2) is 17.8 Å². The van der Waals surface area contributed by atoms with Crippen LogP contribution in [0, 0.1) is 17.7 Å². The van der Waals surface area contributed by atoms with Crippen LogP contribution in [0.4, 0.5) is 23.2 Å². The third-order valence-electron chi connectivity index (χ3n) is 6.98. The SMILES string of the molecule is CC1CCC(C(=O)N2c3cc(F)c(Oc4ncc(Cn5nccn5)cc4C(F)(F)F)cc3C(=O)OC2C)CC1. The highest BCUT2D eigenvalue weighted by Crippen LogP contribution is 2.41. The van der Waals surface area contributed by atoms with E-state index in [0.29, 0.717) is 18.8 Å². The van der Waals surface area contributed by atoms with Gasteiger partial charge in [0.25, 0.3) is 0 Å². The van der Waals surface area contributed by atoms with Crippen LogP contribution in [0.1, 0.15) is 61.0 Å². The van der Waals surface area contributed by atoms with Crippen molar-refractivity contribution in [3.8, 4) is 11.6 Å². The zero-order valence-corrected chi connectivity index (χ0v) is 21.1. The summed E-state index contributed by atoms with van der Waals surface area (Å²) in [7, 11) is 0. The molecular weight excluding hydrogens is 522 g/mol. The van der Waals surface area contributed by atoms with E-state index in [9.17, 15) is 22.8 Å². The Bertz CT molecular complexity index is 1390. The summed E-state index contributed by atoms with van der Waals surface area (Å²) in [5.41, 5.74) is -1.32. The number of esters is 1. The van der Waals surface area contributed by atoms with Gasteiger partial charge in [0.1, 0.15) is 5.56 Å². The van der Waals surface area contributed by atoms with E-state index in [-0.39, 0.29) is 35.2 Å². The Hall–Kier alpha value is -4.03. The van der Waals surface area contributed by atoms with Gasteiger partial charge in [0.05, 0.1) is 30.2 Å². The zero-order chi connectivity index (χ0) is 27.9. The molecule has 0 spiro atoms. The summed E-state index contributed by atoms with van der Waals surface area (Å²) in [6.07, 6.45) is 1.11. The number of cyclic esters (lactones) is 1. The number of amides is 1. The van der Waals surface area contributed by atoms with E-state index in [1.165, 1.54) is 29.0 Å². The van der Waals surface area contributed by atoms with E-state index in [0.717, 1.165) is 37.2 Å². The van der Waals surface area contributed by atoms with Gasteiger partial charge in [-0.3, -0.25) is 9.69 Å². The summed E-state index contributed by atoms with van der Waals surface area (Å²) >= 11 is 0. The Labute approximate surface area is 220 Å². The smallest absolute Gasteiger partial charge is 0.421 e. The lowest BCUT2D eigenvalue weighted by molar-refractivity contribution is -0.139. The van der Waals surface area contributed by atoms with Crippen LogP contribution in [-0.2, 0) is 22.3 Å². The number of anilines is 1. The van der Waals surface area contributed by atoms with E-state index in [1.807, 2.05) is 0 Å². The molecule has 1 amide bonds. The predicted molar refractivity (Wildman–Crippen MR) is 128 cm³/mol. The standard InChI is InChI=1S/C26H25F4N5O4/c1-14-3-5-17(6-4-14)24(36)35-15(2)38-25(37)18-10-22(20(27)11-21(18)35)39-23-19(26(28,29)30)9-16(12-31-23)13-34-32-7-8-33-34/h7-12,14-15,17H,3-6,13H2,1-2H3. The maximum atomic E-state index is 15.3. The van der Waals surface area contributed by atoms with E-state index >= 15 is 4.39 Å². The Morgan fingerprint density at radius 3 is 2.46 bits per heavy atom. The normalized spacial score (nSPS) is 21.3. The minimum atomic E-state index is -4.88. The highest BCUT2D eigenvalue weighted by atomic mass is 19.4. The molecule has 5 rings (SSSR count). The van der Waals surface area contributed by atoms with E-state index < -0.39 is 41.4 Å². The zero-order valence-electron chi connectivity index (χ0n) is 21.1. The second kappa shape index (κ2) is 10.3. The van der Waals surface area contributed by atoms with Crippen LogP contribution in [-0.4, -0.2) is 38.1 Å². The third kappa shape index (κ3) is 5.43. The summed E-state index contributed by atoms with van der Waals surface area (Å²) in [6, 6.07) is 2.66. The molecule has 39 heavy (non-hydrogen) atoms. The molecule has 9 nitrogen and oxygen atoms in total. The number of benzene rings is 1. The van der Waals surface area contributed by atoms with Gasteiger partial charge in [0, 0.05) is 24.2 Å². The minimum absolute atomic E-state index is 0.0155. The van der Waals surface area contributed by atoms with Crippen LogP contribution in [0.15, 0.2) is 36.8 Å². The number of carbonyl (C=O) groups excluding carboxylic acids is 2. The molecule has 1 unspecified atom stereocenters. The fraction of sp³-hybridized carbons (Fsp3) is 0.423. The highest BCUT2D eigenvalue weighted by molar-refractivity contribution is 6.06. The first-order valence-electron chi connectivity index (χ1n) is 12.5. The summed E-state index contributed by atoms with van der Waals surface area (Å²) in [6.45, 7) is 3.54. The molecule has 3 aromatic rings. The largest absolute Gasteiger partial charge is 0.438 e. The minimum Gasteiger partial charge on any atom is -0.438 e. The molecule has 0 saturated heterocycles. The number of carbonyl (C=O) groups is 2. The fourth-order valence-corrected chi connectivity index (χ4v) is 4.91. The average molecular weight is 548 g/mol. The van der Waals surface area contributed by atoms with Gasteiger partial charge in [-0.1, -0.05) is 6.92 Å². The van der Waals surface area contributed by atoms with Gasteiger partial charge in [-0.15, -0.1) is 0 Å². The van der Waals surface area contributed by atoms with Gasteiger partial charge < -0.3 is 9.47 Å². The average Bonchev–Trinajstić information content (AvgIpc) is 3.38. The molecule has 1 saturated carbocycles. The van der Waals surface area contributed by atoms with E-state index in [1.54, 1.807) is 0 Å². The second-order valence-corrected chi connectivity index (χ2v) is 9.83. The maximum absolute atomic E-state index is 15.3. The summed E-state index contributed by atoms with van der Waals surface area (Å²) < 4.78 is 67.4. The fourth-order valence-electron chi connectivity index (χ4n) is 4.91. The first kappa shape index (κ1) is 26.6. The van der Waals surface area contributed by atoms with Crippen LogP contribution < -0.4 is 9.64 Å². The summed E-state index contributed by atoms with van der Waals surface area (Å²) in [5, 5.41) is 7.71. The van der Waals surface area contributed by atoms with Crippen LogP contribution in [0.2, 0.25) is 0 Å². The molecule has 1 aliphatic heterocycles. The Kier molecular flexibility index (Phi) is 7.00. The quantitative estimate of drug-likeness (QED) is 0.314. The number of nitrogens with zero attached hydrogens (tertiary/aromatic N) is 5. The van der Waals surface area contributed by atoms with Crippen molar-refractivity contribution in [3.63, 3.8) is 0 Å².